The summed E-state index contributed by atoms with van der Waals surface area (Å²) in [4.78, 5) is 4.52. The summed E-state index contributed by atoms with van der Waals surface area (Å²) in [6, 6.07) is 14.7. The molecule has 26 heavy (non-hydrogen) atoms. The van der Waals surface area contributed by atoms with Crippen molar-refractivity contribution in [2.45, 2.75) is 30.6 Å². The fourth-order valence-electron chi connectivity index (χ4n) is 3.44. The van der Waals surface area contributed by atoms with Gasteiger partial charge in [0.25, 0.3) is 0 Å². The van der Waals surface area contributed by atoms with Crippen LogP contribution in [0.15, 0.2) is 57.9 Å². The minimum Gasteiger partial charge on any atom is -0.339 e. The molecule has 0 spiro atoms. The number of aryl methyl sites for hydroxylation is 1. The highest BCUT2D eigenvalue weighted by atomic mass is 32.2. The average Bonchev–Trinajstić information content (AvgIpc) is 3.09. The summed E-state index contributed by atoms with van der Waals surface area (Å²) in [6.07, 6.45) is 3.96. The smallest absolute Gasteiger partial charge is 0.238 e. The lowest BCUT2D eigenvalue weighted by Gasteiger charge is -2.23. The van der Waals surface area contributed by atoms with Crippen LogP contribution in [0.5, 0.6) is 0 Å². The van der Waals surface area contributed by atoms with E-state index in [1.54, 1.807) is 12.1 Å². The van der Waals surface area contributed by atoms with Gasteiger partial charge in [-0.2, -0.15) is 4.98 Å². The van der Waals surface area contributed by atoms with E-state index < -0.39 is 10.0 Å². The lowest BCUT2D eigenvalue weighted by molar-refractivity contribution is 0.339. The standard InChI is InChI=1S/C19H19N3O3S/c20-26(23,24)17-9-7-15(8-10-17)19-21-18(25-22-19)12-13-5-6-14-3-1-2-4-16(14)11-13/h1-4,7-10,13H,5-6,11-12H2,(H2,20,23,24)/t13-/m0/s1. The Balaban J connectivity index is 1.47. The van der Waals surface area contributed by atoms with Crippen LogP contribution in [0.1, 0.15) is 23.4 Å². The number of nitrogens with two attached hydrogens (primary N) is 1. The molecule has 6 nitrogen and oxygen atoms in total. The summed E-state index contributed by atoms with van der Waals surface area (Å²) in [5.41, 5.74) is 3.54. The Morgan fingerprint density at radius 1 is 1.08 bits per heavy atom. The number of nitrogens with zero attached hydrogens (tertiary/aromatic N) is 2. The predicted molar refractivity (Wildman–Crippen MR) is 96.8 cm³/mol. The number of benzene rings is 2. The quantitative estimate of drug-likeness (QED) is 0.762. The van der Waals surface area contributed by atoms with E-state index in [1.807, 2.05) is 0 Å². The van der Waals surface area contributed by atoms with E-state index in [1.165, 1.54) is 23.3 Å². The van der Waals surface area contributed by atoms with E-state index >= 15 is 0 Å². The van der Waals surface area contributed by atoms with Gasteiger partial charge in [0, 0.05) is 12.0 Å². The van der Waals surface area contributed by atoms with Gasteiger partial charge in [-0.25, -0.2) is 13.6 Å². The first kappa shape index (κ1) is 16.9. The van der Waals surface area contributed by atoms with Crippen LogP contribution in [-0.2, 0) is 29.3 Å². The zero-order chi connectivity index (χ0) is 18.1. The normalized spacial score (nSPS) is 17.0. The Labute approximate surface area is 152 Å². The van der Waals surface area contributed by atoms with E-state index in [0.717, 1.165) is 25.7 Å². The first-order chi connectivity index (χ1) is 12.5. The number of sulfonamides is 1. The van der Waals surface area contributed by atoms with Crippen LogP contribution in [0.2, 0.25) is 0 Å². The Morgan fingerprint density at radius 2 is 1.81 bits per heavy atom. The van der Waals surface area contributed by atoms with E-state index in [-0.39, 0.29) is 4.90 Å². The van der Waals surface area contributed by atoms with E-state index in [0.29, 0.717) is 23.2 Å². The monoisotopic (exact) mass is 369 g/mol. The Hall–Kier alpha value is -2.51. The fourth-order valence-corrected chi connectivity index (χ4v) is 3.96. The Morgan fingerprint density at radius 3 is 2.54 bits per heavy atom. The van der Waals surface area contributed by atoms with Crippen LogP contribution < -0.4 is 5.14 Å². The second-order valence-electron chi connectivity index (χ2n) is 6.66. The summed E-state index contributed by atoms with van der Waals surface area (Å²) >= 11 is 0. The molecular formula is C19H19N3O3S. The van der Waals surface area contributed by atoms with Crippen LogP contribution in [0, 0.1) is 5.92 Å². The molecule has 1 atom stereocenters. The molecule has 4 rings (SSSR count). The molecule has 0 unspecified atom stereocenters. The van der Waals surface area contributed by atoms with Crippen molar-refractivity contribution in [1.82, 2.24) is 10.1 Å². The van der Waals surface area contributed by atoms with Crippen LogP contribution in [-0.4, -0.2) is 18.6 Å². The predicted octanol–water partition coefficient (Wildman–Crippen LogP) is 2.73. The van der Waals surface area contributed by atoms with Crippen molar-refractivity contribution in [3.63, 3.8) is 0 Å². The van der Waals surface area contributed by atoms with Gasteiger partial charge in [-0.05, 0) is 60.6 Å². The van der Waals surface area contributed by atoms with E-state index in [4.69, 9.17) is 9.66 Å². The Bertz CT molecular complexity index is 1030. The summed E-state index contributed by atoms with van der Waals surface area (Å²) in [5.74, 6) is 1.56. The molecule has 0 radical (unpaired) electrons. The van der Waals surface area contributed by atoms with Crippen LogP contribution >= 0.6 is 0 Å². The van der Waals surface area contributed by atoms with Gasteiger partial charge in [0.05, 0.1) is 4.90 Å². The number of rotatable bonds is 4. The maximum absolute atomic E-state index is 11.3. The van der Waals surface area contributed by atoms with Gasteiger partial charge in [-0.15, -0.1) is 0 Å². The molecule has 0 fully saturated rings. The fraction of sp³-hybridized carbons (Fsp3) is 0.263. The third-order valence-electron chi connectivity index (χ3n) is 4.82. The molecule has 0 amide bonds. The van der Waals surface area contributed by atoms with Crippen molar-refractivity contribution in [1.29, 1.82) is 0 Å². The Kier molecular flexibility index (Phi) is 4.34. The third kappa shape index (κ3) is 3.54. The third-order valence-corrected chi connectivity index (χ3v) is 5.75. The molecule has 1 aromatic heterocycles. The molecular weight excluding hydrogens is 350 g/mol. The first-order valence-corrected chi connectivity index (χ1v) is 10.1. The lowest BCUT2D eigenvalue weighted by atomic mass is 9.82. The molecule has 7 heteroatoms. The summed E-state index contributed by atoms with van der Waals surface area (Å²) in [6.45, 7) is 0. The number of fused-ring (bicyclic) bond motifs is 1. The molecule has 2 N–H and O–H groups in total. The molecule has 2 aromatic carbocycles. The summed E-state index contributed by atoms with van der Waals surface area (Å²) in [7, 11) is -3.70. The van der Waals surface area contributed by atoms with Gasteiger partial charge in [0.2, 0.25) is 21.7 Å². The van der Waals surface area contributed by atoms with Crippen molar-refractivity contribution >= 4 is 10.0 Å². The maximum Gasteiger partial charge on any atom is 0.238 e. The van der Waals surface area contributed by atoms with Crippen LogP contribution in [0.25, 0.3) is 11.4 Å². The van der Waals surface area contributed by atoms with Crippen molar-refractivity contribution < 1.29 is 12.9 Å². The van der Waals surface area contributed by atoms with Gasteiger partial charge in [0.15, 0.2) is 0 Å². The number of hydrogen-bond acceptors (Lipinski definition) is 5. The minimum atomic E-state index is -3.70. The SMILES string of the molecule is NS(=O)(=O)c1ccc(-c2noc(C[C@H]3CCc4ccccc4C3)n2)cc1. The van der Waals surface area contributed by atoms with Gasteiger partial charge in [-0.1, -0.05) is 29.4 Å². The highest BCUT2D eigenvalue weighted by molar-refractivity contribution is 7.89. The van der Waals surface area contributed by atoms with E-state index in [9.17, 15) is 8.42 Å². The molecule has 0 saturated carbocycles. The molecule has 1 aliphatic carbocycles. The van der Waals surface area contributed by atoms with Crippen LogP contribution in [0.4, 0.5) is 0 Å². The topological polar surface area (TPSA) is 99.1 Å². The first-order valence-electron chi connectivity index (χ1n) is 8.51. The highest BCUT2D eigenvalue weighted by Crippen LogP contribution is 2.28. The minimum absolute atomic E-state index is 0.0610. The summed E-state index contributed by atoms with van der Waals surface area (Å²) in [5, 5.41) is 9.13. The van der Waals surface area contributed by atoms with Crippen molar-refractivity contribution in [2.24, 2.45) is 11.1 Å². The average molecular weight is 369 g/mol. The lowest BCUT2D eigenvalue weighted by Crippen LogP contribution is -2.16. The highest BCUT2D eigenvalue weighted by Gasteiger charge is 2.21. The second-order valence-corrected chi connectivity index (χ2v) is 8.22. The molecule has 1 heterocycles. The second kappa shape index (κ2) is 6.66. The zero-order valence-electron chi connectivity index (χ0n) is 14.1. The van der Waals surface area contributed by atoms with Gasteiger partial charge in [-0.3, -0.25) is 0 Å². The molecule has 0 bridgehead atoms. The largest absolute Gasteiger partial charge is 0.339 e. The molecule has 0 aliphatic heterocycles. The van der Waals surface area contributed by atoms with Crippen molar-refractivity contribution in [3.8, 4) is 11.4 Å². The van der Waals surface area contributed by atoms with Gasteiger partial charge in [0.1, 0.15) is 0 Å². The molecule has 134 valence electrons. The van der Waals surface area contributed by atoms with Crippen molar-refractivity contribution in [2.75, 3.05) is 0 Å². The molecule has 3 aromatic rings. The van der Waals surface area contributed by atoms with Gasteiger partial charge < -0.3 is 4.52 Å². The van der Waals surface area contributed by atoms with Crippen molar-refractivity contribution in [3.05, 3.63) is 65.5 Å². The number of hydrogen-bond donors (Lipinski definition) is 1. The molecule has 0 saturated heterocycles. The zero-order valence-corrected chi connectivity index (χ0v) is 14.9. The van der Waals surface area contributed by atoms with Gasteiger partial charge >= 0.3 is 0 Å². The maximum atomic E-state index is 11.3. The molecule has 1 aliphatic rings. The number of aromatic nitrogens is 2. The van der Waals surface area contributed by atoms with E-state index in [2.05, 4.69) is 34.4 Å². The number of primary sulfonamides is 1. The summed E-state index contributed by atoms with van der Waals surface area (Å²) < 4.78 is 28.0. The van der Waals surface area contributed by atoms with Crippen LogP contribution in [0.3, 0.4) is 0 Å².